The minimum absolute atomic E-state index is 0. The third-order valence-electron chi connectivity index (χ3n) is 3.18. The Morgan fingerprint density at radius 2 is 2.18 bits per heavy atom. The summed E-state index contributed by atoms with van der Waals surface area (Å²) in [7, 11) is 0. The van der Waals surface area contributed by atoms with E-state index in [2.05, 4.69) is 26.2 Å². The minimum Gasteiger partial charge on any atom is -0.326 e. The molecule has 5 heteroatoms. The van der Waals surface area contributed by atoms with E-state index in [4.69, 9.17) is 5.73 Å². The average molecular weight is 321 g/mol. The Hall–Kier alpha value is -0.160. The summed E-state index contributed by atoms with van der Waals surface area (Å²) in [5.74, 6) is 0. The zero-order valence-corrected chi connectivity index (χ0v) is 12.1. The van der Waals surface area contributed by atoms with Crippen LogP contribution in [0.1, 0.15) is 31.2 Å². The Bertz CT molecular complexity index is 348. The lowest BCUT2D eigenvalue weighted by molar-refractivity contribution is 0.326. The first-order chi connectivity index (χ1) is 7.75. The van der Waals surface area contributed by atoms with E-state index < -0.39 is 0 Å². The van der Waals surface area contributed by atoms with Crippen molar-refractivity contribution in [3.63, 3.8) is 0 Å². The lowest BCUT2D eigenvalue weighted by Gasteiger charge is -2.29. The fourth-order valence-electron chi connectivity index (χ4n) is 2.21. The maximum atomic E-state index is 6.09. The zero-order valence-electron chi connectivity index (χ0n) is 9.73. The number of nitrogens with zero attached hydrogens (tertiary/aromatic N) is 1. The fraction of sp³-hybridized carbons (Fsp3) is 0.583. The van der Waals surface area contributed by atoms with Crippen LogP contribution in [0.2, 0.25) is 0 Å². The number of hydrogen-bond acceptors (Lipinski definition) is 3. The van der Waals surface area contributed by atoms with Crippen LogP contribution < -0.4 is 11.1 Å². The van der Waals surface area contributed by atoms with Gasteiger partial charge in [0.25, 0.3) is 0 Å². The van der Waals surface area contributed by atoms with Crippen molar-refractivity contribution in [3.05, 3.63) is 28.5 Å². The van der Waals surface area contributed by atoms with Gasteiger partial charge in [0.1, 0.15) is 4.60 Å². The molecule has 17 heavy (non-hydrogen) atoms. The number of aromatic nitrogens is 1. The van der Waals surface area contributed by atoms with Gasteiger partial charge in [-0.2, -0.15) is 0 Å². The molecule has 3 nitrogen and oxygen atoms in total. The highest BCUT2D eigenvalue weighted by Crippen LogP contribution is 2.17. The van der Waals surface area contributed by atoms with Gasteiger partial charge in [0.05, 0.1) is 0 Å². The van der Waals surface area contributed by atoms with Crippen molar-refractivity contribution in [1.82, 2.24) is 10.3 Å². The van der Waals surface area contributed by atoms with Crippen molar-refractivity contribution in [1.29, 1.82) is 0 Å². The molecule has 2 atom stereocenters. The van der Waals surface area contributed by atoms with Crippen LogP contribution in [0.25, 0.3) is 0 Å². The molecule has 0 amide bonds. The lowest BCUT2D eigenvalue weighted by atomic mass is 9.91. The molecule has 1 fully saturated rings. The number of nitrogens with one attached hydrogen (secondary N) is 1. The van der Waals surface area contributed by atoms with Gasteiger partial charge >= 0.3 is 0 Å². The molecule has 1 heterocycles. The summed E-state index contributed by atoms with van der Waals surface area (Å²) in [6.45, 7) is 0.874. The van der Waals surface area contributed by atoms with Crippen LogP contribution in [0.4, 0.5) is 0 Å². The summed E-state index contributed by atoms with van der Waals surface area (Å²) in [6, 6.07) is 4.87. The third-order valence-corrected chi connectivity index (χ3v) is 3.61. The number of pyridine rings is 1. The molecule has 3 N–H and O–H groups in total. The van der Waals surface area contributed by atoms with Crippen LogP contribution in [-0.2, 0) is 6.54 Å². The summed E-state index contributed by atoms with van der Waals surface area (Å²) in [5.41, 5.74) is 7.34. The first-order valence-corrected chi connectivity index (χ1v) is 6.64. The number of nitrogens with two attached hydrogens (primary N) is 1. The van der Waals surface area contributed by atoms with Gasteiger partial charge in [-0.15, -0.1) is 12.4 Å². The first kappa shape index (κ1) is 14.9. The van der Waals surface area contributed by atoms with Crippen LogP contribution in [-0.4, -0.2) is 17.1 Å². The van der Waals surface area contributed by atoms with Crippen molar-refractivity contribution >= 4 is 28.3 Å². The Morgan fingerprint density at radius 3 is 2.88 bits per heavy atom. The summed E-state index contributed by atoms with van der Waals surface area (Å²) in [6.07, 6.45) is 6.75. The van der Waals surface area contributed by atoms with Crippen LogP contribution in [0, 0.1) is 0 Å². The van der Waals surface area contributed by atoms with Gasteiger partial charge in [0.2, 0.25) is 0 Å². The monoisotopic (exact) mass is 319 g/mol. The molecule has 1 aromatic rings. The Balaban J connectivity index is 0.00000144. The highest BCUT2D eigenvalue weighted by Gasteiger charge is 2.20. The van der Waals surface area contributed by atoms with Crippen molar-refractivity contribution < 1.29 is 0 Å². The molecular weight excluding hydrogens is 302 g/mol. The van der Waals surface area contributed by atoms with Crippen LogP contribution >= 0.6 is 28.3 Å². The van der Waals surface area contributed by atoms with E-state index >= 15 is 0 Å². The second kappa shape index (κ2) is 7.31. The fourth-order valence-corrected chi connectivity index (χ4v) is 2.63. The van der Waals surface area contributed by atoms with Crippen LogP contribution in [0.15, 0.2) is 22.9 Å². The van der Waals surface area contributed by atoms with E-state index in [1.807, 2.05) is 18.3 Å². The SMILES string of the molecule is Cl.NC1CCCCC1NCc1ccnc(Br)c1. The molecule has 1 aromatic heterocycles. The highest BCUT2D eigenvalue weighted by atomic mass is 79.9. The van der Waals surface area contributed by atoms with Gasteiger partial charge in [-0.1, -0.05) is 12.8 Å². The molecule has 1 aliphatic carbocycles. The molecule has 2 rings (SSSR count). The van der Waals surface area contributed by atoms with Gasteiger partial charge in [-0.3, -0.25) is 0 Å². The minimum atomic E-state index is 0. The number of hydrogen-bond donors (Lipinski definition) is 2. The standard InChI is InChI=1S/C12H18BrN3.ClH/c13-12-7-9(5-6-15-12)8-16-11-4-2-1-3-10(11)14;/h5-7,10-11,16H,1-4,8,14H2;1H. The van der Waals surface area contributed by atoms with E-state index in [9.17, 15) is 0 Å². The Kier molecular flexibility index (Phi) is 6.41. The molecule has 1 aliphatic rings. The van der Waals surface area contributed by atoms with E-state index in [1.165, 1.54) is 24.8 Å². The molecule has 0 spiro atoms. The van der Waals surface area contributed by atoms with E-state index in [0.717, 1.165) is 17.6 Å². The molecule has 0 aromatic carbocycles. The normalized spacial score (nSPS) is 24.1. The smallest absolute Gasteiger partial charge is 0.106 e. The summed E-state index contributed by atoms with van der Waals surface area (Å²) in [5, 5.41) is 3.54. The van der Waals surface area contributed by atoms with Crippen molar-refractivity contribution in [2.45, 2.75) is 44.3 Å². The Morgan fingerprint density at radius 1 is 1.41 bits per heavy atom. The highest BCUT2D eigenvalue weighted by molar-refractivity contribution is 9.10. The third kappa shape index (κ3) is 4.54. The summed E-state index contributed by atoms with van der Waals surface area (Å²) < 4.78 is 0.889. The van der Waals surface area contributed by atoms with Crippen LogP contribution in [0.3, 0.4) is 0 Å². The largest absolute Gasteiger partial charge is 0.326 e. The van der Waals surface area contributed by atoms with Crippen LogP contribution in [0.5, 0.6) is 0 Å². The van der Waals surface area contributed by atoms with Crippen molar-refractivity contribution in [2.75, 3.05) is 0 Å². The van der Waals surface area contributed by atoms with Gasteiger partial charge in [0.15, 0.2) is 0 Å². The lowest BCUT2D eigenvalue weighted by Crippen LogP contribution is -2.46. The molecule has 1 saturated carbocycles. The number of halogens is 2. The van der Waals surface area contributed by atoms with Gasteiger partial charge in [-0.25, -0.2) is 4.98 Å². The summed E-state index contributed by atoms with van der Waals surface area (Å²) >= 11 is 3.38. The molecule has 0 radical (unpaired) electrons. The van der Waals surface area contributed by atoms with Crippen molar-refractivity contribution in [3.8, 4) is 0 Å². The van der Waals surface area contributed by atoms with Crippen molar-refractivity contribution in [2.24, 2.45) is 5.73 Å². The Labute approximate surface area is 117 Å². The quantitative estimate of drug-likeness (QED) is 0.842. The molecule has 2 unspecified atom stereocenters. The van der Waals surface area contributed by atoms with Gasteiger partial charge in [0, 0.05) is 24.8 Å². The molecule has 96 valence electrons. The van der Waals surface area contributed by atoms with Gasteiger partial charge in [-0.05, 0) is 46.5 Å². The maximum Gasteiger partial charge on any atom is 0.106 e. The molecular formula is C12H19BrClN3. The van der Waals surface area contributed by atoms with E-state index in [0.29, 0.717) is 12.1 Å². The second-order valence-electron chi connectivity index (χ2n) is 4.42. The van der Waals surface area contributed by atoms with E-state index in [1.54, 1.807) is 0 Å². The first-order valence-electron chi connectivity index (χ1n) is 5.85. The average Bonchev–Trinajstić information content (AvgIpc) is 2.28. The maximum absolute atomic E-state index is 6.09. The zero-order chi connectivity index (χ0) is 11.4. The topological polar surface area (TPSA) is 50.9 Å². The van der Waals surface area contributed by atoms with E-state index in [-0.39, 0.29) is 12.4 Å². The molecule has 0 bridgehead atoms. The number of rotatable bonds is 3. The summed E-state index contributed by atoms with van der Waals surface area (Å²) in [4.78, 5) is 4.11. The van der Waals surface area contributed by atoms with Gasteiger partial charge < -0.3 is 11.1 Å². The molecule has 0 aliphatic heterocycles. The predicted octanol–water partition coefficient (Wildman–Crippen LogP) is 2.63. The second-order valence-corrected chi connectivity index (χ2v) is 5.23. The predicted molar refractivity (Wildman–Crippen MR) is 76.3 cm³/mol. The molecule has 0 saturated heterocycles.